The maximum absolute atomic E-state index is 4.54. The van der Waals surface area contributed by atoms with Gasteiger partial charge < -0.3 is 15.1 Å². The predicted octanol–water partition coefficient (Wildman–Crippen LogP) is 0.967. The molecule has 1 aliphatic heterocycles. The molecule has 17 heavy (non-hydrogen) atoms. The first-order chi connectivity index (χ1) is 8.10. The number of likely N-dealkylation sites (N-methyl/N-ethyl adjacent to an activating group) is 1. The van der Waals surface area contributed by atoms with Crippen molar-refractivity contribution in [2.45, 2.75) is 19.9 Å². The molecule has 0 radical (unpaired) electrons. The molecule has 0 amide bonds. The van der Waals surface area contributed by atoms with Crippen LogP contribution < -0.4 is 10.2 Å². The summed E-state index contributed by atoms with van der Waals surface area (Å²) in [6, 6.07) is 2.55. The third kappa shape index (κ3) is 2.66. The minimum Gasteiger partial charge on any atom is -0.357 e. The molecular weight excluding hydrogens is 214 g/mol. The molecule has 0 bridgehead atoms. The van der Waals surface area contributed by atoms with Crippen LogP contribution in [0.2, 0.25) is 0 Å². The lowest BCUT2D eigenvalue weighted by Crippen LogP contribution is -2.50. The van der Waals surface area contributed by atoms with Gasteiger partial charge in [0.25, 0.3) is 0 Å². The van der Waals surface area contributed by atoms with Crippen molar-refractivity contribution in [2.24, 2.45) is 0 Å². The molecule has 5 heteroatoms. The summed E-state index contributed by atoms with van der Waals surface area (Å²) in [5.74, 6) is 1.73. The highest BCUT2D eigenvalue weighted by atomic mass is 15.3. The Balaban J connectivity index is 2.24. The lowest BCUT2D eigenvalue weighted by atomic mass is 10.2. The summed E-state index contributed by atoms with van der Waals surface area (Å²) in [7, 11) is 4.02. The van der Waals surface area contributed by atoms with Crippen molar-refractivity contribution in [1.29, 1.82) is 0 Å². The molecule has 94 valence electrons. The summed E-state index contributed by atoms with van der Waals surface area (Å²) in [6.45, 7) is 7.44. The number of rotatable bonds is 2. The molecule has 1 saturated heterocycles. The molecule has 0 aromatic carbocycles. The van der Waals surface area contributed by atoms with E-state index in [-0.39, 0.29) is 0 Å². The number of aromatic nitrogens is 2. The van der Waals surface area contributed by atoms with Gasteiger partial charge in [0.2, 0.25) is 5.95 Å². The second-order valence-corrected chi connectivity index (χ2v) is 4.75. The Bertz CT molecular complexity index is 392. The van der Waals surface area contributed by atoms with Gasteiger partial charge in [-0.3, -0.25) is 0 Å². The predicted molar refractivity (Wildman–Crippen MR) is 70.6 cm³/mol. The van der Waals surface area contributed by atoms with Crippen molar-refractivity contribution in [3.05, 3.63) is 11.8 Å². The Kier molecular flexibility index (Phi) is 3.47. The minimum atomic E-state index is 0.493. The van der Waals surface area contributed by atoms with Crippen LogP contribution >= 0.6 is 0 Å². The van der Waals surface area contributed by atoms with Gasteiger partial charge >= 0.3 is 0 Å². The number of hydrogen-bond donors (Lipinski definition) is 1. The smallest absolute Gasteiger partial charge is 0.224 e. The van der Waals surface area contributed by atoms with Crippen LogP contribution in [0, 0.1) is 6.92 Å². The van der Waals surface area contributed by atoms with Gasteiger partial charge in [0.05, 0.1) is 0 Å². The van der Waals surface area contributed by atoms with E-state index in [9.17, 15) is 0 Å². The molecule has 0 spiro atoms. The molecule has 5 nitrogen and oxygen atoms in total. The Morgan fingerprint density at radius 2 is 2.12 bits per heavy atom. The topological polar surface area (TPSA) is 44.3 Å². The van der Waals surface area contributed by atoms with E-state index in [0.29, 0.717) is 12.0 Å². The quantitative estimate of drug-likeness (QED) is 0.827. The van der Waals surface area contributed by atoms with Crippen LogP contribution in [0.1, 0.15) is 12.6 Å². The standard InChI is InChI=1S/C12H21N5/c1-9-7-11(15-12(13-3)14-9)17-6-5-16(4)8-10(17)2/h7,10H,5-6,8H2,1-4H3,(H,13,14,15). The summed E-state index contributed by atoms with van der Waals surface area (Å²) in [6.07, 6.45) is 0. The van der Waals surface area contributed by atoms with Crippen LogP contribution in [0.5, 0.6) is 0 Å². The van der Waals surface area contributed by atoms with E-state index in [2.05, 4.69) is 45.1 Å². The fourth-order valence-electron chi connectivity index (χ4n) is 2.29. The van der Waals surface area contributed by atoms with Crippen molar-refractivity contribution in [3.63, 3.8) is 0 Å². The highest BCUT2D eigenvalue weighted by molar-refractivity contribution is 5.46. The zero-order valence-corrected chi connectivity index (χ0v) is 11.1. The normalized spacial score (nSPS) is 21.6. The third-order valence-electron chi connectivity index (χ3n) is 3.19. The number of nitrogens with one attached hydrogen (secondary N) is 1. The van der Waals surface area contributed by atoms with Crippen LogP contribution in [0.15, 0.2) is 6.07 Å². The van der Waals surface area contributed by atoms with Crippen LogP contribution in [0.25, 0.3) is 0 Å². The van der Waals surface area contributed by atoms with Gasteiger partial charge in [-0.15, -0.1) is 0 Å². The minimum absolute atomic E-state index is 0.493. The molecule has 1 aliphatic rings. The largest absolute Gasteiger partial charge is 0.357 e. The molecule has 1 aromatic rings. The van der Waals surface area contributed by atoms with E-state index in [1.807, 2.05) is 14.0 Å². The second kappa shape index (κ2) is 4.87. The van der Waals surface area contributed by atoms with Gasteiger partial charge in [0.15, 0.2) is 0 Å². The van der Waals surface area contributed by atoms with Gasteiger partial charge in [0.1, 0.15) is 5.82 Å². The molecule has 1 fully saturated rings. The van der Waals surface area contributed by atoms with E-state index in [4.69, 9.17) is 0 Å². The van der Waals surface area contributed by atoms with Crippen LogP contribution in [0.4, 0.5) is 11.8 Å². The first-order valence-corrected chi connectivity index (χ1v) is 6.09. The van der Waals surface area contributed by atoms with Crippen molar-refractivity contribution in [3.8, 4) is 0 Å². The number of hydrogen-bond acceptors (Lipinski definition) is 5. The average molecular weight is 235 g/mol. The van der Waals surface area contributed by atoms with Crippen LogP contribution in [0.3, 0.4) is 0 Å². The maximum Gasteiger partial charge on any atom is 0.224 e. The van der Waals surface area contributed by atoms with E-state index < -0.39 is 0 Å². The Morgan fingerprint density at radius 3 is 2.76 bits per heavy atom. The SMILES string of the molecule is CNc1nc(C)cc(N2CCN(C)CC2C)n1. The maximum atomic E-state index is 4.54. The molecule has 0 saturated carbocycles. The van der Waals surface area contributed by atoms with E-state index in [1.165, 1.54) is 0 Å². The summed E-state index contributed by atoms with van der Waals surface area (Å²) in [4.78, 5) is 13.6. The van der Waals surface area contributed by atoms with Gasteiger partial charge in [-0.25, -0.2) is 4.98 Å². The monoisotopic (exact) mass is 235 g/mol. The zero-order valence-electron chi connectivity index (χ0n) is 11.1. The van der Waals surface area contributed by atoms with Crippen molar-refractivity contribution in [2.75, 3.05) is 43.9 Å². The molecule has 1 unspecified atom stereocenters. The Morgan fingerprint density at radius 1 is 1.35 bits per heavy atom. The highest BCUT2D eigenvalue weighted by Gasteiger charge is 2.23. The summed E-state index contributed by atoms with van der Waals surface area (Å²) in [5.41, 5.74) is 1.01. The molecule has 1 N–H and O–H groups in total. The lowest BCUT2D eigenvalue weighted by molar-refractivity contribution is 0.274. The lowest BCUT2D eigenvalue weighted by Gasteiger charge is -2.39. The van der Waals surface area contributed by atoms with Crippen molar-refractivity contribution >= 4 is 11.8 Å². The van der Waals surface area contributed by atoms with Crippen molar-refractivity contribution in [1.82, 2.24) is 14.9 Å². The molecule has 2 heterocycles. The second-order valence-electron chi connectivity index (χ2n) is 4.75. The first kappa shape index (κ1) is 12.1. The van der Waals surface area contributed by atoms with Crippen LogP contribution in [-0.4, -0.2) is 54.6 Å². The van der Waals surface area contributed by atoms with Gasteiger partial charge in [-0.2, -0.15) is 4.98 Å². The summed E-state index contributed by atoms with van der Waals surface area (Å²) < 4.78 is 0. The van der Waals surface area contributed by atoms with Gasteiger partial charge in [-0.05, 0) is 20.9 Å². The molecular formula is C12H21N5. The van der Waals surface area contributed by atoms with Gasteiger partial charge in [-0.1, -0.05) is 0 Å². The number of aryl methyl sites for hydroxylation is 1. The van der Waals surface area contributed by atoms with E-state index in [1.54, 1.807) is 0 Å². The van der Waals surface area contributed by atoms with E-state index in [0.717, 1.165) is 31.1 Å². The Hall–Kier alpha value is -1.36. The number of nitrogens with zero attached hydrogens (tertiary/aromatic N) is 4. The summed E-state index contributed by atoms with van der Waals surface area (Å²) >= 11 is 0. The zero-order chi connectivity index (χ0) is 12.4. The average Bonchev–Trinajstić information content (AvgIpc) is 2.28. The van der Waals surface area contributed by atoms with Crippen molar-refractivity contribution < 1.29 is 0 Å². The fourth-order valence-corrected chi connectivity index (χ4v) is 2.29. The summed E-state index contributed by atoms with van der Waals surface area (Å²) in [5, 5.41) is 3.01. The number of piperazine rings is 1. The van der Waals surface area contributed by atoms with E-state index >= 15 is 0 Å². The molecule has 1 atom stereocenters. The molecule has 2 rings (SSSR count). The van der Waals surface area contributed by atoms with Crippen LogP contribution in [-0.2, 0) is 0 Å². The van der Waals surface area contributed by atoms with Gasteiger partial charge in [0, 0.05) is 44.5 Å². The highest BCUT2D eigenvalue weighted by Crippen LogP contribution is 2.19. The Labute approximate surface area is 103 Å². The third-order valence-corrected chi connectivity index (χ3v) is 3.19. The number of anilines is 2. The first-order valence-electron chi connectivity index (χ1n) is 6.09. The fraction of sp³-hybridized carbons (Fsp3) is 0.667. The molecule has 1 aromatic heterocycles. The molecule has 0 aliphatic carbocycles.